The topological polar surface area (TPSA) is 35.8 Å². The van der Waals surface area contributed by atoms with Gasteiger partial charge in [-0.2, -0.15) is 17.0 Å². The molecule has 0 aliphatic rings. The van der Waals surface area contributed by atoms with E-state index in [9.17, 15) is 5.26 Å². The quantitative estimate of drug-likeness (QED) is 0.853. The van der Waals surface area contributed by atoms with Crippen molar-refractivity contribution in [1.82, 2.24) is 5.32 Å². The smallest absolute Gasteiger partial charge is 0.141 e. The molecule has 0 aliphatic carbocycles. The SMILES string of the molecule is CNC(C#N)(CSC(C)C(C)C)c1ccccc1. The molecule has 1 aromatic carbocycles. The third-order valence-corrected chi connectivity index (χ3v) is 5.06. The average molecular weight is 262 g/mol. The highest BCUT2D eigenvalue weighted by atomic mass is 32.2. The number of rotatable bonds is 6. The molecule has 2 nitrogen and oxygen atoms in total. The van der Waals surface area contributed by atoms with Gasteiger partial charge in [0, 0.05) is 11.0 Å². The van der Waals surface area contributed by atoms with E-state index in [-0.39, 0.29) is 0 Å². The maximum Gasteiger partial charge on any atom is 0.141 e. The predicted octanol–water partition coefficient (Wildman–Crippen LogP) is 3.40. The van der Waals surface area contributed by atoms with Gasteiger partial charge in [-0.25, -0.2) is 0 Å². The summed E-state index contributed by atoms with van der Waals surface area (Å²) in [5, 5.41) is 13.3. The first kappa shape index (κ1) is 15.1. The summed E-state index contributed by atoms with van der Waals surface area (Å²) < 4.78 is 0. The first-order valence-electron chi connectivity index (χ1n) is 6.33. The van der Waals surface area contributed by atoms with Crippen LogP contribution in [0.2, 0.25) is 0 Å². The molecule has 2 atom stereocenters. The van der Waals surface area contributed by atoms with Crippen LogP contribution >= 0.6 is 11.8 Å². The lowest BCUT2D eigenvalue weighted by molar-refractivity contribution is 0.525. The molecule has 1 N–H and O–H groups in total. The van der Waals surface area contributed by atoms with Crippen molar-refractivity contribution in [1.29, 1.82) is 5.26 Å². The van der Waals surface area contributed by atoms with E-state index in [0.717, 1.165) is 11.3 Å². The number of nitriles is 1. The van der Waals surface area contributed by atoms with Crippen LogP contribution in [-0.4, -0.2) is 18.1 Å². The molecule has 1 aromatic rings. The third kappa shape index (κ3) is 3.51. The second-order valence-corrected chi connectivity index (χ2v) is 6.26. The Morgan fingerprint density at radius 3 is 2.33 bits per heavy atom. The Hall–Kier alpha value is -0.980. The molecule has 3 heteroatoms. The molecular weight excluding hydrogens is 240 g/mol. The molecule has 0 bridgehead atoms. The van der Waals surface area contributed by atoms with Crippen LogP contribution in [-0.2, 0) is 5.54 Å². The number of hydrogen-bond acceptors (Lipinski definition) is 3. The Morgan fingerprint density at radius 1 is 1.28 bits per heavy atom. The van der Waals surface area contributed by atoms with Crippen molar-refractivity contribution in [3.05, 3.63) is 35.9 Å². The second-order valence-electron chi connectivity index (χ2n) is 4.89. The number of nitrogens with zero attached hydrogens (tertiary/aromatic N) is 1. The summed E-state index contributed by atoms with van der Waals surface area (Å²) in [4.78, 5) is 0. The van der Waals surface area contributed by atoms with Gasteiger partial charge in [-0.15, -0.1) is 0 Å². The Morgan fingerprint density at radius 2 is 1.89 bits per heavy atom. The highest BCUT2D eigenvalue weighted by Crippen LogP contribution is 2.29. The van der Waals surface area contributed by atoms with E-state index in [1.807, 2.05) is 49.1 Å². The molecule has 1 rings (SSSR count). The lowest BCUT2D eigenvalue weighted by Gasteiger charge is -2.28. The van der Waals surface area contributed by atoms with Gasteiger partial charge in [-0.3, -0.25) is 5.32 Å². The van der Waals surface area contributed by atoms with Crippen LogP contribution in [0.4, 0.5) is 0 Å². The summed E-state index contributed by atoms with van der Waals surface area (Å²) in [6.07, 6.45) is 0. The van der Waals surface area contributed by atoms with Crippen LogP contribution < -0.4 is 5.32 Å². The van der Waals surface area contributed by atoms with Crippen molar-refractivity contribution < 1.29 is 0 Å². The third-order valence-electron chi connectivity index (χ3n) is 3.39. The number of thioether (sulfide) groups is 1. The van der Waals surface area contributed by atoms with Gasteiger partial charge >= 0.3 is 0 Å². The van der Waals surface area contributed by atoms with Crippen LogP contribution in [0.15, 0.2) is 30.3 Å². The van der Waals surface area contributed by atoms with E-state index >= 15 is 0 Å². The Kier molecular flexibility index (Phi) is 5.71. The Bertz CT molecular complexity index is 397. The van der Waals surface area contributed by atoms with Crippen molar-refractivity contribution in [2.24, 2.45) is 5.92 Å². The van der Waals surface area contributed by atoms with Gasteiger partial charge in [0.2, 0.25) is 0 Å². The van der Waals surface area contributed by atoms with Gasteiger partial charge in [0.05, 0.1) is 6.07 Å². The fraction of sp³-hybridized carbons (Fsp3) is 0.533. The molecule has 0 radical (unpaired) electrons. The van der Waals surface area contributed by atoms with Crippen molar-refractivity contribution in [2.45, 2.75) is 31.6 Å². The van der Waals surface area contributed by atoms with Gasteiger partial charge in [0.25, 0.3) is 0 Å². The molecule has 18 heavy (non-hydrogen) atoms. The molecule has 0 heterocycles. The molecule has 0 spiro atoms. The molecule has 98 valence electrons. The maximum atomic E-state index is 9.56. The van der Waals surface area contributed by atoms with E-state index in [2.05, 4.69) is 32.2 Å². The van der Waals surface area contributed by atoms with E-state index in [1.54, 1.807) is 0 Å². The molecule has 0 amide bonds. The summed E-state index contributed by atoms with van der Waals surface area (Å²) in [7, 11) is 1.86. The average Bonchev–Trinajstić information content (AvgIpc) is 2.41. The molecular formula is C15H22N2S. The lowest BCUT2D eigenvalue weighted by Crippen LogP contribution is -2.41. The highest BCUT2D eigenvalue weighted by molar-refractivity contribution is 7.99. The zero-order chi connectivity index (χ0) is 13.6. The van der Waals surface area contributed by atoms with Crippen molar-refractivity contribution in [3.63, 3.8) is 0 Å². The van der Waals surface area contributed by atoms with Gasteiger partial charge in [-0.05, 0) is 18.5 Å². The zero-order valence-corrected chi connectivity index (χ0v) is 12.4. The Balaban J connectivity index is 2.86. The molecule has 0 fully saturated rings. The van der Waals surface area contributed by atoms with Crippen LogP contribution in [0, 0.1) is 17.2 Å². The minimum atomic E-state index is -0.588. The monoisotopic (exact) mass is 262 g/mol. The lowest BCUT2D eigenvalue weighted by atomic mass is 9.94. The molecule has 0 saturated carbocycles. The zero-order valence-electron chi connectivity index (χ0n) is 11.6. The summed E-state index contributed by atoms with van der Waals surface area (Å²) in [6, 6.07) is 12.4. The van der Waals surface area contributed by atoms with E-state index in [4.69, 9.17) is 0 Å². The van der Waals surface area contributed by atoms with E-state index < -0.39 is 5.54 Å². The molecule has 0 saturated heterocycles. The van der Waals surface area contributed by atoms with Crippen LogP contribution in [0.25, 0.3) is 0 Å². The van der Waals surface area contributed by atoms with Crippen LogP contribution in [0.1, 0.15) is 26.3 Å². The normalized spacial score (nSPS) is 16.0. The van der Waals surface area contributed by atoms with E-state index in [1.165, 1.54) is 0 Å². The summed E-state index contributed by atoms with van der Waals surface area (Å²) >= 11 is 1.85. The minimum absolute atomic E-state index is 0.551. The largest absolute Gasteiger partial charge is 0.298 e. The minimum Gasteiger partial charge on any atom is -0.298 e. The number of hydrogen-bond donors (Lipinski definition) is 1. The number of benzene rings is 1. The van der Waals surface area contributed by atoms with Crippen molar-refractivity contribution in [2.75, 3.05) is 12.8 Å². The van der Waals surface area contributed by atoms with E-state index in [0.29, 0.717) is 11.2 Å². The summed E-state index contributed by atoms with van der Waals surface area (Å²) in [6.45, 7) is 6.65. The van der Waals surface area contributed by atoms with Gasteiger partial charge in [0.1, 0.15) is 5.54 Å². The molecule has 0 aliphatic heterocycles. The van der Waals surface area contributed by atoms with Gasteiger partial charge in [0.15, 0.2) is 0 Å². The molecule has 0 aromatic heterocycles. The predicted molar refractivity (Wildman–Crippen MR) is 79.6 cm³/mol. The van der Waals surface area contributed by atoms with Crippen LogP contribution in [0.3, 0.4) is 0 Å². The maximum absolute atomic E-state index is 9.56. The summed E-state index contributed by atoms with van der Waals surface area (Å²) in [5.74, 6) is 1.39. The first-order valence-corrected chi connectivity index (χ1v) is 7.38. The number of nitrogens with one attached hydrogen (secondary N) is 1. The fourth-order valence-electron chi connectivity index (χ4n) is 1.62. The fourth-order valence-corrected chi connectivity index (χ4v) is 2.90. The summed E-state index contributed by atoms with van der Waals surface area (Å²) in [5.41, 5.74) is 0.452. The van der Waals surface area contributed by atoms with Gasteiger partial charge < -0.3 is 0 Å². The molecule has 2 unspecified atom stereocenters. The first-order chi connectivity index (χ1) is 8.55. The second kappa shape index (κ2) is 6.82. The van der Waals surface area contributed by atoms with Crippen molar-refractivity contribution in [3.8, 4) is 6.07 Å². The van der Waals surface area contributed by atoms with Gasteiger partial charge in [-0.1, -0.05) is 51.1 Å². The van der Waals surface area contributed by atoms with Crippen LogP contribution in [0.5, 0.6) is 0 Å². The highest BCUT2D eigenvalue weighted by Gasteiger charge is 2.31. The Labute approximate surface area is 115 Å². The van der Waals surface area contributed by atoms with Crippen molar-refractivity contribution >= 4 is 11.8 Å². The standard InChI is InChI=1S/C15H22N2S/c1-12(2)13(3)18-11-15(10-16,17-4)14-8-6-5-7-9-14/h5-9,12-13,17H,11H2,1-4H3.